The summed E-state index contributed by atoms with van der Waals surface area (Å²) in [6.45, 7) is -0.724. The van der Waals surface area contributed by atoms with Crippen LogP contribution in [0.1, 0.15) is 0 Å². The van der Waals surface area contributed by atoms with E-state index in [1.165, 1.54) is 0 Å². The van der Waals surface area contributed by atoms with Crippen LogP contribution < -0.4 is 16.2 Å². The van der Waals surface area contributed by atoms with Crippen LogP contribution in [0, 0.1) is 11.6 Å². The van der Waals surface area contributed by atoms with Crippen LogP contribution in [-0.4, -0.2) is 20.9 Å². The first-order valence-electron chi connectivity index (χ1n) is 4.26. The van der Waals surface area contributed by atoms with E-state index < -0.39 is 39.0 Å². The third-order valence-corrected chi connectivity index (χ3v) is 3.14. The molecule has 5 N–H and O–H groups in total. The molecule has 0 aliphatic carbocycles. The highest BCUT2D eigenvalue weighted by atomic mass is 32.2. The van der Waals surface area contributed by atoms with Crippen molar-refractivity contribution in [3.05, 3.63) is 23.8 Å². The predicted octanol–water partition coefficient (Wildman–Crippen LogP) is -0.689. The number of primary amides is 1. The number of carbonyl (C=O) groups excluding carboxylic acids is 1. The highest BCUT2D eigenvalue weighted by Crippen LogP contribution is 2.20. The van der Waals surface area contributed by atoms with E-state index in [9.17, 15) is 22.0 Å². The fourth-order valence-electron chi connectivity index (χ4n) is 1.02. The topological polar surface area (TPSA) is 115 Å². The van der Waals surface area contributed by atoms with Crippen molar-refractivity contribution in [1.82, 2.24) is 4.72 Å². The molecule has 0 spiro atoms. The number of anilines is 1. The molecule has 0 aliphatic heterocycles. The lowest BCUT2D eigenvalue weighted by molar-refractivity contribution is -0.116. The Morgan fingerprint density at radius 3 is 2.47 bits per heavy atom. The number of rotatable bonds is 4. The van der Waals surface area contributed by atoms with Gasteiger partial charge in [-0.15, -0.1) is 0 Å². The van der Waals surface area contributed by atoms with Crippen molar-refractivity contribution in [3.8, 4) is 0 Å². The molecule has 0 fully saturated rings. The Bertz CT molecular complexity index is 559. The van der Waals surface area contributed by atoms with Gasteiger partial charge in [0.1, 0.15) is 4.90 Å². The third-order valence-electron chi connectivity index (χ3n) is 1.74. The predicted molar refractivity (Wildman–Crippen MR) is 55.2 cm³/mol. The third kappa shape index (κ3) is 3.11. The van der Waals surface area contributed by atoms with Crippen LogP contribution in [-0.2, 0) is 14.8 Å². The van der Waals surface area contributed by atoms with E-state index in [2.05, 4.69) is 0 Å². The Morgan fingerprint density at radius 1 is 1.35 bits per heavy atom. The molecule has 0 saturated heterocycles. The number of halogens is 2. The summed E-state index contributed by atoms with van der Waals surface area (Å²) in [4.78, 5) is 9.42. The Balaban J connectivity index is 3.19. The molecule has 1 amide bonds. The zero-order valence-electron chi connectivity index (χ0n) is 8.41. The van der Waals surface area contributed by atoms with Crippen LogP contribution in [0.15, 0.2) is 17.0 Å². The standard InChI is InChI=1S/C8H9F2N3O3S/c9-5-1-4(11)2-6(8(5)10)17(15,16)13-3-7(12)14/h1-2,13H,3,11H2,(H2,12,14). The lowest BCUT2D eigenvalue weighted by Crippen LogP contribution is -2.33. The monoisotopic (exact) mass is 265 g/mol. The molecule has 1 aromatic rings. The van der Waals surface area contributed by atoms with Crippen molar-refractivity contribution in [2.75, 3.05) is 12.3 Å². The van der Waals surface area contributed by atoms with E-state index >= 15 is 0 Å². The molecule has 0 aliphatic rings. The molecule has 0 radical (unpaired) electrons. The second kappa shape index (κ2) is 4.63. The molecular formula is C8H9F2N3O3S. The molecule has 0 aromatic heterocycles. The van der Waals surface area contributed by atoms with Crippen molar-refractivity contribution in [2.45, 2.75) is 4.90 Å². The number of nitrogens with one attached hydrogen (secondary N) is 1. The van der Waals surface area contributed by atoms with E-state index in [1.54, 1.807) is 4.72 Å². The Kier molecular flexibility index (Phi) is 3.63. The first kappa shape index (κ1) is 13.3. The maximum Gasteiger partial charge on any atom is 0.244 e. The van der Waals surface area contributed by atoms with Gasteiger partial charge in [-0.2, -0.15) is 0 Å². The van der Waals surface area contributed by atoms with Gasteiger partial charge in [-0.3, -0.25) is 4.79 Å². The first-order chi connectivity index (χ1) is 7.74. The van der Waals surface area contributed by atoms with Crippen LogP contribution in [0.5, 0.6) is 0 Å². The average Bonchev–Trinajstić information content (AvgIpc) is 2.20. The summed E-state index contributed by atoms with van der Waals surface area (Å²) in [5.41, 5.74) is 9.65. The smallest absolute Gasteiger partial charge is 0.244 e. The molecule has 94 valence electrons. The van der Waals surface area contributed by atoms with Gasteiger partial charge in [0, 0.05) is 5.69 Å². The molecule has 9 heteroatoms. The van der Waals surface area contributed by atoms with E-state index in [0.29, 0.717) is 6.07 Å². The summed E-state index contributed by atoms with van der Waals surface area (Å²) in [6, 6.07) is 1.38. The van der Waals surface area contributed by atoms with E-state index in [-0.39, 0.29) is 5.69 Å². The summed E-state index contributed by atoms with van der Waals surface area (Å²) in [5, 5.41) is 0. The van der Waals surface area contributed by atoms with Gasteiger partial charge >= 0.3 is 0 Å². The van der Waals surface area contributed by atoms with Crippen LogP contribution in [0.2, 0.25) is 0 Å². The lowest BCUT2D eigenvalue weighted by Gasteiger charge is -2.07. The maximum atomic E-state index is 13.2. The Hall–Kier alpha value is -1.74. The molecule has 0 saturated carbocycles. The summed E-state index contributed by atoms with van der Waals surface area (Å²) >= 11 is 0. The van der Waals surface area contributed by atoms with Gasteiger partial charge in [0.15, 0.2) is 11.6 Å². The van der Waals surface area contributed by atoms with Crippen LogP contribution in [0.25, 0.3) is 0 Å². The Morgan fingerprint density at radius 2 is 1.94 bits per heavy atom. The molecular weight excluding hydrogens is 256 g/mol. The molecule has 0 bridgehead atoms. The van der Waals surface area contributed by atoms with Gasteiger partial charge in [-0.25, -0.2) is 21.9 Å². The number of nitrogen functional groups attached to an aromatic ring is 1. The summed E-state index contributed by atoms with van der Waals surface area (Å²) in [6.07, 6.45) is 0. The second-order valence-electron chi connectivity index (χ2n) is 3.11. The summed E-state index contributed by atoms with van der Waals surface area (Å²) in [7, 11) is -4.38. The first-order valence-corrected chi connectivity index (χ1v) is 5.75. The van der Waals surface area contributed by atoms with Crippen LogP contribution in [0.3, 0.4) is 0 Å². The van der Waals surface area contributed by atoms with Gasteiger partial charge in [0.05, 0.1) is 6.54 Å². The van der Waals surface area contributed by atoms with Gasteiger partial charge in [-0.1, -0.05) is 0 Å². The fraction of sp³-hybridized carbons (Fsp3) is 0.125. The highest BCUT2D eigenvalue weighted by Gasteiger charge is 2.22. The SMILES string of the molecule is NC(=O)CNS(=O)(=O)c1cc(N)cc(F)c1F. The number of hydrogen-bond acceptors (Lipinski definition) is 4. The molecule has 1 rings (SSSR count). The normalized spacial score (nSPS) is 11.4. The number of nitrogens with two attached hydrogens (primary N) is 2. The number of carbonyl (C=O) groups is 1. The summed E-state index contributed by atoms with van der Waals surface area (Å²) in [5.74, 6) is -3.93. The second-order valence-corrected chi connectivity index (χ2v) is 4.84. The van der Waals surface area contributed by atoms with Crippen LogP contribution in [0.4, 0.5) is 14.5 Å². The van der Waals surface area contributed by atoms with E-state index in [4.69, 9.17) is 11.5 Å². The molecule has 0 heterocycles. The zero-order chi connectivity index (χ0) is 13.2. The average molecular weight is 265 g/mol. The maximum absolute atomic E-state index is 13.2. The lowest BCUT2D eigenvalue weighted by atomic mass is 10.3. The molecule has 0 unspecified atom stereocenters. The van der Waals surface area contributed by atoms with Crippen LogP contribution >= 0.6 is 0 Å². The largest absolute Gasteiger partial charge is 0.399 e. The number of benzene rings is 1. The van der Waals surface area contributed by atoms with Crippen molar-refractivity contribution in [2.24, 2.45) is 5.73 Å². The quantitative estimate of drug-likeness (QED) is 0.625. The van der Waals surface area contributed by atoms with Gasteiger partial charge in [0.25, 0.3) is 0 Å². The Labute approximate surface area is 95.6 Å². The number of sulfonamides is 1. The molecule has 6 nitrogen and oxygen atoms in total. The minimum Gasteiger partial charge on any atom is -0.399 e. The zero-order valence-corrected chi connectivity index (χ0v) is 9.22. The van der Waals surface area contributed by atoms with E-state index in [1.807, 2.05) is 0 Å². The molecule has 0 atom stereocenters. The summed E-state index contributed by atoms with van der Waals surface area (Å²) < 4.78 is 50.8. The highest BCUT2D eigenvalue weighted by molar-refractivity contribution is 7.89. The van der Waals surface area contributed by atoms with Crippen molar-refractivity contribution >= 4 is 21.6 Å². The molecule has 1 aromatic carbocycles. The minimum atomic E-state index is -4.38. The van der Waals surface area contributed by atoms with Gasteiger partial charge in [-0.05, 0) is 12.1 Å². The number of amides is 1. The van der Waals surface area contributed by atoms with Gasteiger partial charge < -0.3 is 11.5 Å². The molecule has 17 heavy (non-hydrogen) atoms. The van der Waals surface area contributed by atoms with E-state index in [0.717, 1.165) is 6.07 Å². The van der Waals surface area contributed by atoms with Crippen molar-refractivity contribution in [1.29, 1.82) is 0 Å². The van der Waals surface area contributed by atoms with Crippen molar-refractivity contribution < 1.29 is 22.0 Å². The van der Waals surface area contributed by atoms with Crippen molar-refractivity contribution in [3.63, 3.8) is 0 Å². The fourth-order valence-corrected chi connectivity index (χ4v) is 2.14. The minimum absolute atomic E-state index is 0.261. The van der Waals surface area contributed by atoms with Gasteiger partial charge in [0.2, 0.25) is 15.9 Å². The number of hydrogen-bond donors (Lipinski definition) is 3.